The number of ether oxygens (including phenoxy) is 3. The standard InChI is InChI=1S/C28H30N4O6/c1-4-37-25-15-21(10-13-24(25)38-18-26(33)31-22-7-5-6-19(2)14-22)17-30-32-28(35)27(34)29-16-20-8-11-23(36-3)12-9-20/h5-15,17H,4,16,18H2,1-3H3,(H,29,34)(H,31,33)(H,32,35)/b30-17-. The van der Waals surface area contributed by atoms with Crippen molar-refractivity contribution < 1.29 is 28.6 Å². The summed E-state index contributed by atoms with van der Waals surface area (Å²) in [5.74, 6) is -0.548. The molecule has 10 nitrogen and oxygen atoms in total. The van der Waals surface area contributed by atoms with Crippen LogP contribution in [0.5, 0.6) is 17.2 Å². The minimum Gasteiger partial charge on any atom is -0.497 e. The molecular weight excluding hydrogens is 488 g/mol. The summed E-state index contributed by atoms with van der Waals surface area (Å²) in [5.41, 5.74) is 5.31. The van der Waals surface area contributed by atoms with E-state index in [1.807, 2.05) is 32.0 Å². The molecule has 0 atom stereocenters. The van der Waals surface area contributed by atoms with Gasteiger partial charge in [-0.1, -0.05) is 24.3 Å². The smallest absolute Gasteiger partial charge is 0.329 e. The maximum atomic E-state index is 12.3. The maximum absolute atomic E-state index is 12.3. The molecule has 3 amide bonds. The predicted molar refractivity (Wildman–Crippen MR) is 143 cm³/mol. The second kappa shape index (κ2) is 14.0. The highest BCUT2D eigenvalue weighted by Crippen LogP contribution is 2.28. The lowest BCUT2D eigenvalue weighted by Crippen LogP contribution is -2.37. The summed E-state index contributed by atoms with van der Waals surface area (Å²) in [6.45, 7) is 4.11. The van der Waals surface area contributed by atoms with Gasteiger partial charge in [0.15, 0.2) is 18.1 Å². The Hall–Kier alpha value is -4.86. The first-order valence-electron chi connectivity index (χ1n) is 11.9. The molecule has 3 rings (SSSR count). The predicted octanol–water partition coefficient (Wildman–Crippen LogP) is 3.19. The van der Waals surface area contributed by atoms with Crippen LogP contribution in [0.2, 0.25) is 0 Å². The number of amides is 3. The van der Waals surface area contributed by atoms with Crippen LogP contribution in [0.15, 0.2) is 71.8 Å². The van der Waals surface area contributed by atoms with Gasteiger partial charge in [-0.3, -0.25) is 14.4 Å². The van der Waals surface area contributed by atoms with Gasteiger partial charge < -0.3 is 24.8 Å². The van der Waals surface area contributed by atoms with Gasteiger partial charge in [0.05, 0.1) is 19.9 Å². The monoisotopic (exact) mass is 518 g/mol. The van der Waals surface area contributed by atoms with Gasteiger partial charge >= 0.3 is 11.8 Å². The van der Waals surface area contributed by atoms with Gasteiger partial charge in [-0.05, 0) is 73.0 Å². The zero-order valence-corrected chi connectivity index (χ0v) is 21.4. The SMILES string of the molecule is CCOc1cc(/C=N\NC(=O)C(=O)NCc2ccc(OC)cc2)ccc1OCC(=O)Nc1cccc(C)c1. The number of benzene rings is 3. The second-order valence-electron chi connectivity index (χ2n) is 8.08. The van der Waals surface area contributed by atoms with Crippen molar-refractivity contribution in [2.75, 3.05) is 25.6 Å². The van der Waals surface area contributed by atoms with Crippen LogP contribution in [0.1, 0.15) is 23.6 Å². The van der Waals surface area contributed by atoms with Gasteiger partial charge in [0.2, 0.25) is 0 Å². The van der Waals surface area contributed by atoms with E-state index in [1.54, 1.807) is 55.6 Å². The van der Waals surface area contributed by atoms with Gasteiger partial charge in [0.1, 0.15) is 5.75 Å². The number of nitrogens with one attached hydrogen (secondary N) is 3. The lowest BCUT2D eigenvalue weighted by molar-refractivity contribution is -0.139. The van der Waals surface area contributed by atoms with E-state index in [2.05, 4.69) is 21.2 Å². The molecule has 0 saturated carbocycles. The Balaban J connectivity index is 1.51. The zero-order chi connectivity index (χ0) is 27.3. The Bertz CT molecular complexity index is 1290. The molecule has 3 N–H and O–H groups in total. The molecule has 0 aliphatic heterocycles. The van der Waals surface area contributed by atoms with Crippen molar-refractivity contribution in [1.82, 2.24) is 10.7 Å². The Labute approximate surface area is 221 Å². The van der Waals surface area contributed by atoms with Gasteiger partial charge in [-0.25, -0.2) is 5.43 Å². The average molecular weight is 519 g/mol. The number of methoxy groups -OCH3 is 1. The molecule has 10 heteroatoms. The Morgan fingerprint density at radius 2 is 1.71 bits per heavy atom. The van der Waals surface area contributed by atoms with Crippen LogP contribution < -0.4 is 30.3 Å². The molecule has 0 fully saturated rings. The summed E-state index contributed by atoms with van der Waals surface area (Å²) in [6.07, 6.45) is 1.37. The van der Waals surface area contributed by atoms with Crippen molar-refractivity contribution in [3.05, 3.63) is 83.4 Å². The van der Waals surface area contributed by atoms with E-state index in [0.717, 1.165) is 11.1 Å². The number of hydrogen-bond donors (Lipinski definition) is 3. The van der Waals surface area contributed by atoms with E-state index >= 15 is 0 Å². The van der Waals surface area contributed by atoms with Crippen LogP contribution in [0, 0.1) is 6.92 Å². The fourth-order valence-electron chi connectivity index (χ4n) is 3.28. The zero-order valence-electron chi connectivity index (χ0n) is 21.4. The van der Waals surface area contributed by atoms with Crippen molar-refractivity contribution in [2.24, 2.45) is 5.10 Å². The van der Waals surface area contributed by atoms with Crippen molar-refractivity contribution in [3.63, 3.8) is 0 Å². The van der Waals surface area contributed by atoms with E-state index in [4.69, 9.17) is 14.2 Å². The number of carbonyl (C=O) groups excluding carboxylic acids is 3. The number of aryl methyl sites for hydroxylation is 1. The number of rotatable bonds is 11. The largest absolute Gasteiger partial charge is 0.497 e. The van der Waals surface area contributed by atoms with Crippen molar-refractivity contribution in [2.45, 2.75) is 20.4 Å². The molecule has 3 aromatic carbocycles. The molecule has 0 aromatic heterocycles. The minimum absolute atomic E-state index is 0.183. The Morgan fingerprint density at radius 1 is 0.921 bits per heavy atom. The van der Waals surface area contributed by atoms with E-state index in [-0.39, 0.29) is 19.1 Å². The van der Waals surface area contributed by atoms with Crippen molar-refractivity contribution >= 4 is 29.6 Å². The first-order chi connectivity index (χ1) is 18.4. The molecule has 0 heterocycles. The molecule has 0 spiro atoms. The van der Waals surface area contributed by atoms with Crippen LogP contribution in [0.4, 0.5) is 5.69 Å². The normalized spacial score (nSPS) is 10.5. The molecule has 0 aliphatic rings. The van der Waals surface area contributed by atoms with Crippen LogP contribution in [-0.2, 0) is 20.9 Å². The summed E-state index contributed by atoms with van der Waals surface area (Å²) in [6, 6.07) is 19.5. The molecule has 198 valence electrons. The second-order valence-corrected chi connectivity index (χ2v) is 8.08. The highest BCUT2D eigenvalue weighted by molar-refractivity contribution is 6.35. The van der Waals surface area contributed by atoms with Crippen molar-refractivity contribution in [1.29, 1.82) is 0 Å². The van der Waals surface area contributed by atoms with Gasteiger partial charge in [0.25, 0.3) is 5.91 Å². The summed E-state index contributed by atoms with van der Waals surface area (Å²) in [7, 11) is 1.57. The highest BCUT2D eigenvalue weighted by Gasteiger charge is 2.13. The molecule has 0 bridgehead atoms. The third-order valence-electron chi connectivity index (χ3n) is 5.13. The van der Waals surface area contributed by atoms with E-state index in [0.29, 0.717) is 35.1 Å². The Morgan fingerprint density at radius 3 is 2.42 bits per heavy atom. The van der Waals surface area contributed by atoms with Gasteiger partial charge in [-0.15, -0.1) is 0 Å². The topological polar surface area (TPSA) is 127 Å². The molecule has 0 unspecified atom stereocenters. The molecule has 0 radical (unpaired) electrons. The third kappa shape index (κ3) is 8.66. The van der Waals surface area contributed by atoms with Crippen LogP contribution >= 0.6 is 0 Å². The molecule has 0 aliphatic carbocycles. The quantitative estimate of drug-likeness (QED) is 0.203. The first-order valence-corrected chi connectivity index (χ1v) is 11.9. The molecular formula is C28H30N4O6. The fourth-order valence-corrected chi connectivity index (χ4v) is 3.28. The summed E-state index contributed by atoms with van der Waals surface area (Å²) in [4.78, 5) is 36.3. The third-order valence-corrected chi connectivity index (χ3v) is 5.13. The number of nitrogens with zero attached hydrogens (tertiary/aromatic N) is 1. The van der Waals surface area contributed by atoms with Crippen LogP contribution in [0.25, 0.3) is 0 Å². The first kappa shape index (κ1) is 27.7. The number of hydrazone groups is 1. The van der Waals surface area contributed by atoms with Crippen molar-refractivity contribution in [3.8, 4) is 17.2 Å². The molecule has 38 heavy (non-hydrogen) atoms. The number of anilines is 1. The van der Waals surface area contributed by atoms with Gasteiger partial charge in [-0.2, -0.15) is 5.10 Å². The van der Waals surface area contributed by atoms with Gasteiger partial charge in [0, 0.05) is 12.2 Å². The summed E-state index contributed by atoms with van der Waals surface area (Å²) >= 11 is 0. The van der Waals surface area contributed by atoms with Crippen LogP contribution in [0.3, 0.4) is 0 Å². The summed E-state index contributed by atoms with van der Waals surface area (Å²) < 4.78 is 16.4. The minimum atomic E-state index is -0.903. The fraction of sp³-hybridized carbons (Fsp3) is 0.214. The number of hydrogen-bond acceptors (Lipinski definition) is 7. The summed E-state index contributed by atoms with van der Waals surface area (Å²) in [5, 5.41) is 9.14. The van der Waals surface area contributed by atoms with E-state index < -0.39 is 11.8 Å². The molecule has 0 saturated heterocycles. The lowest BCUT2D eigenvalue weighted by atomic mass is 10.2. The van der Waals surface area contributed by atoms with E-state index in [9.17, 15) is 14.4 Å². The Kier molecular flexibility index (Phi) is 10.2. The number of carbonyl (C=O) groups is 3. The van der Waals surface area contributed by atoms with Crippen LogP contribution in [-0.4, -0.2) is 44.3 Å². The average Bonchev–Trinajstić information content (AvgIpc) is 2.91. The maximum Gasteiger partial charge on any atom is 0.329 e. The lowest BCUT2D eigenvalue weighted by Gasteiger charge is -2.13. The van der Waals surface area contributed by atoms with E-state index in [1.165, 1.54) is 6.21 Å². The highest BCUT2D eigenvalue weighted by atomic mass is 16.5. The molecule has 3 aromatic rings.